The van der Waals surface area contributed by atoms with E-state index >= 15 is 0 Å². The van der Waals surface area contributed by atoms with Crippen molar-refractivity contribution in [3.8, 4) is 6.01 Å². The van der Waals surface area contributed by atoms with Crippen LogP contribution in [-0.4, -0.2) is 45.5 Å². The van der Waals surface area contributed by atoms with E-state index in [9.17, 15) is 4.79 Å². The summed E-state index contributed by atoms with van der Waals surface area (Å²) >= 11 is 3.29. The number of ether oxygens (including phenoxy) is 1. The normalized spacial score (nSPS) is 17.8. The van der Waals surface area contributed by atoms with Crippen LogP contribution in [0, 0.1) is 5.92 Å². The number of pyridine rings is 1. The Hall–Kier alpha value is -2.02. The Kier molecular flexibility index (Phi) is 5.17. The van der Waals surface area contributed by atoms with Gasteiger partial charge in [0.15, 0.2) is 0 Å². The fourth-order valence-electron chi connectivity index (χ4n) is 2.63. The number of rotatable bonds is 4. The zero-order chi connectivity index (χ0) is 16.1. The maximum Gasteiger partial charge on any atom is 0.316 e. The van der Waals surface area contributed by atoms with E-state index in [0.29, 0.717) is 30.6 Å². The summed E-state index contributed by atoms with van der Waals surface area (Å²) < 4.78 is 6.46. The number of nitrogens with zero attached hydrogens (tertiary/aromatic N) is 4. The molecular formula is C16H17BrN4O2. The Morgan fingerprint density at radius 1 is 1.30 bits per heavy atom. The first-order valence-corrected chi connectivity index (χ1v) is 8.31. The van der Waals surface area contributed by atoms with Crippen LogP contribution in [0.4, 0.5) is 0 Å². The highest BCUT2D eigenvalue weighted by molar-refractivity contribution is 9.10. The lowest BCUT2D eigenvalue weighted by atomic mass is 9.98. The highest BCUT2D eigenvalue weighted by Crippen LogP contribution is 2.19. The molecule has 1 aliphatic rings. The predicted octanol–water partition coefficient (Wildman–Crippen LogP) is 2.57. The van der Waals surface area contributed by atoms with E-state index in [0.717, 1.165) is 23.9 Å². The van der Waals surface area contributed by atoms with Gasteiger partial charge in [0.1, 0.15) is 0 Å². The first-order chi connectivity index (χ1) is 11.2. The Balaban J connectivity index is 1.56. The number of halogens is 1. The molecule has 0 bridgehead atoms. The van der Waals surface area contributed by atoms with Gasteiger partial charge in [-0.15, -0.1) is 0 Å². The molecule has 0 aromatic carbocycles. The third-order valence-corrected chi connectivity index (χ3v) is 4.19. The second-order valence-corrected chi connectivity index (χ2v) is 6.41. The third-order valence-electron chi connectivity index (χ3n) is 3.78. The molecule has 0 radical (unpaired) electrons. The van der Waals surface area contributed by atoms with Crippen molar-refractivity contribution in [2.75, 3.05) is 19.7 Å². The molecule has 1 unspecified atom stereocenters. The Bertz CT molecular complexity index is 651. The summed E-state index contributed by atoms with van der Waals surface area (Å²) in [4.78, 5) is 26.5. The van der Waals surface area contributed by atoms with Gasteiger partial charge in [0.25, 0.3) is 5.91 Å². The SMILES string of the molecule is O=C(c1ccncc1)N1CCCC(COc2ncc(Br)cn2)C1. The van der Waals surface area contributed by atoms with E-state index in [2.05, 4.69) is 30.9 Å². The third kappa shape index (κ3) is 4.25. The smallest absolute Gasteiger partial charge is 0.316 e. The zero-order valence-corrected chi connectivity index (χ0v) is 14.1. The van der Waals surface area contributed by atoms with Gasteiger partial charge in [-0.3, -0.25) is 9.78 Å². The van der Waals surface area contributed by atoms with Crippen molar-refractivity contribution < 1.29 is 9.53 Å². The summed E-state index contributed by atoms with van der Waals surface area (Å²) in [5.74, 6) is 0.346. The van der Waals surface area contributed by atoms with Crippen LogP contribution in [0.3, 0.4) is 0 Å². The quantitative estimate of drug-likeness (QED) is 0.819. The summed E-state index contributed by atoms with van der Waals surface area (Å²) in [7, 11) is 0. The zero-order valence-electron chi connectivity index (χ0n) is 12.6. The molecule has 3 rings (SSSR count). The second kappa shape index (κ2) is 7.50. The molecule has 1 saturated heterocycles. The number of piperidine rings is 1. The van der Waals surface area contributed by atoms with Crippen molar-refractivity contribution in [3.63, 3.8) is 0 Å². The predicted molar refractivity (Wildman–Crippen MR) is 88.1 cm³/mol. The molecular weight excluding hydrogens is 360 g/mol. The van der Waals surface area contributed by atoms with Crippen LogP contribution >= 0.6 is 15.9 Å². The monoisotopic (exact) mass is 376 g/mol. The average molecular weight is 377 g/mol. The number of amides is 1. The number of likely N-dealkylation sites (tertiary alicyclic amines) is 1. The van der Waals surface area contributed by atoms with Crippen LogP contribution in [0.1, 0.15) is 23.2 Å². The Morgan fingerprint density at radius 3 is 2.78 bits per heavy atom. The summed E-state index contributed by atoms with van der Waals surface area (Å²) in [6.45, 7) is 1.99. The highest BCUT2D eigenvalue weighted by Gasteiger charge is 2.25. The van der Waals surface area contributed by atoms with Crippen molar-refractivity contribution in [2.45, 2.75) is 12.8 Å². The lowest BCUT2D eigenvalue weighted by molar-refractivity contribution is 0.0628. The second-order valence-electron chi connectivity index (χ2n) is 5.49. The molecule has 7 heteroatoms. The summed E-state index contributed by atoms with van der Waals surface area (Å²) in [5, 5.41) is 0. The topological polar surface area (TPSA) is 68.2 Å². The van der Waals surface area contributed by atoms with Gasteiger partial charge in [-0.2, -0.15) is 0 Å². The lowest BCUT2D eigenvalue weighted by Gasteiger charge is -2.32. The first kappa shape index (κ1) is 15.9. The van der Waals surface area contributed by atoms with Gasteiger partial charge in [0.2, 0.25) is 0 Å². The van der Waals surface area contributed by atoms with Gasteiger partial charge in [-0.05, 0) is 40.9 Å². The molecule has 2 aromatic heterocycles. The number of hydrogen-bond acceptors (Lipinski definition) is 5. The molecule has 0 N–H and O–H groups in total. The van der Waals surface area contributed by atoms with Crippen molar-refractivity contribution in [1.29, 1.82) is 0 Å². The fourth-order valence-corrected chi connectivity index (χ4v) is 2.83. The molecule has 0 aliphatic carbocycles. The van der Waals surface area contributed by atoms with Crippen LogP contribution in [0.25, 0.3) is 0 Å². The Morgan fingerprint density at radius 2 is 2.04 bits per heavy atom. The minimum absolute atomic E-state index is 0.0528. The minimum atomic E-state index is 0.0528. The van der Waals surface area contributed by atoms with E-state index < -0.39 is 0 Å². The molecule has 1 aliphatic heterocycles. The van der Waals surface area contributed by atoms with Gasteiger partial charge in [-0.1, -0.05) is 0 Å². The van der Waals surface area contributed by atoms with Crippen molar-refractivity contribution in [3.05, 3.63) is 47.0 Å². The molecule has 120 valence electrons. The molecule has 1 amide bonds. The van der Waals surface area contributed by atoms with Crippen LogP contribution in [0.2, 0.25) is 0 Å². The van der Waals surface area contributed by atoms with Gasteiger partial charge >= 0.3 is 6.01 Å². The lowest BCUT2D eigenvalue weighted by Crippen LogP contribution is -2.41. The van der Waals surface area contributed by atoms with E-state index in [1.807, 2.05) is 4.90 Å². The molecule has 0 saturated carbocycles. The summed E-state index contributed by atoms with van der Waals surface area (Å²) in [6.07, 6.45) is 8.61. The largest absolute Gasteiger partial charge is 0.463 e. The summed E-state index contributed by atoms with van der Waals surface area (Å²) in [6, 6.07) is 3.86. The van der Waals surface area contributed by atoms with Gasteiger partial charge in [0.05, 0.1) is 11.1 Å². The van der Waals surface area contributed by atoms with E-state index in [1.54, 1.807) is 36.9 Å². The van der Waals surface area contributed by atoms with Gasteiger partial charge in [-0.25, -0.2) is 9.97 Å². The maximum atomic E-state index is 12.5. The minimum Gasteiger partial charge on any atom is -0.463 e. The average Bonchev–Trinajstić information content (AvgIpc) is 2.61. The Labute approximate surface area is 143 Å². The molecule has 3 heterocycles. The molecule has 6 nitrogen and oxygen atoms in total. The molecule has 2 aromatic rings. The van der Waals surface area contributed by atoms with Crippen molar-refractivity contribution >= 4 is 21.8 Å². The van der Waals surface area contributed by atoms with Crippen LogP contribution in [0.5, 0.6) is 6.01 Å². The van der Waals surface area contributed by atoms with E-state index in [1.165, 1.54) is 0 Å². The summed E-state index contributed by atoms with van der Waals surface area (Å²) in [5.41, 5.74) is 0.679. The number of aromatic nitrogens is 3. The number of carbonyl (C=O) groups excluding carboxylic acids is 1. The number of carbonyl (C=O) groups is 1. The van der Waals surface area contributed by atoms with Crippen LogP contribution in [-0.2, 0) is 0 Å². The van der Waals surface area contributed by atoms with Crippen LogP contribution < -0.4 is 4.74 Å². The molecule has 0 spiro atoms. The molecule has 1 atom stereocenters. The van der Waals surface area contributed by atoms with Crippen molar-refractivity contribution in [2.24, 2.45) is 5.92 Å². The van der Waals surface area contributed by atoms with Crippen LogP contribution in [0.15, 0.2) is 41.4 Å². The molecule has 23 heavy (non-hydrogen) atoms. The van der Waals surface area contributed by atoms with E-state index in [4.69, 9.17) is 4.74 Å². The fraction of sp³-hybridized carbons (Fsp3) is 0.375. The van der Waals surface area contributed by atoms with Gasteiger partial charge in [0, 0.05) is 49.4 Å². The van der Waals surface area contributed by atoms with Gasteiger partial charge < -0.3 is 9.64 Å². The molecule has 1 fully saturated rings. The standard InChI is InChI=1S/C16H17BrN4O2/c17-14-8-19-16(20-9-14)23-11-12-2-1-7-21(10-12)15(22)13-3-5-18-6-4-13/h3-6,8-9,12H,1-2,7,10-11H2. The van der Waals surface area contributed by atoms with Crippen molar-refractivity contribution in [1.82, 2.24) is 19.9 Å². The maximum absolute atomic E-state index is 12.5. The highest BCUT2D eigenvalue weighted by atomic mass is 79.9. The van der Waals surface area contributed by atoms with E-state index in [-0.39, 0.29) is 5.91 Å². The number of hydrogen-bond donors (Lipinski definition) is 0. The first-order valence-electron chi connectivity index (χ1n) is 7.52.